The van der Waals surface area contributed by atoms with Gasteiger partial charge in [-0.1, -0.05) is 36.4 Å². The fraction of sp³-hybridized carbons (Fsp3) is 0.235. The average molecular weight is 302 g/mol. The van der Waals surface area contributed by atoms with Crippen LogP contribution in [0.5, 0.6) is 0 Å². The molecule has 0 fully saturated rings. The van der Waals surface area contributed by atoms with Gasteiger partial charge < -0.3 is 19.7 Å². The topological polar surface area (TPSA) is 76.0 Å². The fourth-order valence-electron chi connectivity index (χ4n) is 2.40. The second-order valence-corrected chi connectivity index (χ2v) is 4.85. The Bertz CT molecular complexity index is 630. The molecule has 2 N–H and O–H groups in total. The van der Waals surface area contributed by atoms with Crippen LogP contribution < -0.4 is 0 Å². The van der Waals surface area contributed by atoms with Gasteiger partial charge in [-0.05, 0) is 11.6 Å². The molecule has 22 heavy (non-hydrogen) atoms. The van der Waals surface area contributed by atoms with Crippen LogP contribution in [0.15, 0.2) is 66.0 Å². The zero-order chi connectivity index (χ0) is 16.2. The first-order valence-electron chi connectivity index (χ1n) is 6.72. The number of aliphatic hydroxyl groups is 1. The number of allylic oxidation sites excluding steroid dienone is 1. The summed E-state index contributed by atoms with van der Waals surface area (Å²) >= 11 is 0. The van der Waals surface area contributed by atoms with Crippen molar-refractivity contribution in [3.63, 3.8) is 0 Å². The number of hydrogen-bond donors (Lipinski definition) is 2. The van der Waals surface area contributed by atoms with E-state index in [1.807, 2.05) is 30.3 Å². The first-order chi connectivity index (χ1) is 10.5. The van der Waals surface area contributed by atoms with Crippen LogP contribution >= 0.6 is 0 Å². The van der Waals surface area contributed by atoms with Crippen molar-refractivity contribution in [2.45, 2.75) is 11.7 Å². The number of carboxylic acid groups (broad SMARTS) is 1. The molecule has 0 radical (unpaired) electrons. The van der Waals surface area contributed by atoms with E-state index in [4.69, 9.17) is 14.6 Å². The van der Waals surface area contributed by atoms with Gasteiger partial charge in [-0.25, -0.2) is 4.79 Å². The minimum Gasteiger partial charge on any atom is -0.496 e. The number of ether oxygens (including phenoxy) is 2. The van der Waals surface area contributed by atoms with E-state index in [2.05, 4.69) is 0 Å². The molecular formula is C17H18O5. The smallest absolute Gasteiger partial charge is 0.328 e. The Morgan fingerprint density at radius 3 is 2.50 bits per heavy atom. The van der Waals surface area contributed by atoms with Crippen molar-refractivity contribution in [3.8, 4) is 0 Å². The normalized spacial score (nSPS) is 24.8. The van der Waals surface area contributed by atoms with Gasteiger partial charge in [0.05, 0.1) is 13.0 Å². The largest absolute Gasteiger partial charge is 0.496 e. The van der Waals surface area contributed by atoms with Crippen molar-refractivity contribution < 1.29 is 24.5 Å². The molecule has 1 aromatic rings. The molecule has 5 heteroatoms. The van der Waals surface area contributed by atoms with Crippen molar-refractivity contribution in [1.29, 1.82) is 0 Å². The van der Waals surface area contributed by atoms with Gasteiger partial charge in [0.15, 0.2) is 5.79 Å². The van der Waals surface area contributed by atoms with Gasteiger partial charge in [-0.2, -0.15) is 0 Å². The third kappa shape index (κ3) is 3.27. The zero-order valence-electron chi connectivity index (χ0n) is 12.4. The van der Waals surface area contributed by atoms with Crippen molar-refractivity contribution in [2.75, 3.05) is 14.2 Å². The zero-order valence-corrected chi connectivity index (χ0v) is 12.4. The van der Waals surface area contributed by atoms with Crippen molar-refractivity contribution >= 4 is 5.97 Å². The standard InChI is InChI=1S/C17H18O5/c1-21-15-11-17(20,22-2)14(12-6-4-3-5-7-12)10-13(15)8-9-16(18)19/h3-11,14,20H,1-2H3,(H,18,19)/b9-8+. The molecule has 1 aliphatic carbocycles. The van der Waals surface area contributed by atoms with E-state index in [0.29, 0.717) is 11.3 Å². The highest BCUT2D eigenvalue weighted by atomic mass is 16.6. The molecule has 0 saturated carbocycles. The van der Waals surface area contributed by atoms with Crippen molar-refractivity contribution in [3.05, 3.63) is 71.5 Å². The summed E-state index contributed by atoms with van der Waals surface area (Å²) in [5, 5.41) is 19.5. The Kier molecular flexibility index (Phi) is 4.80. The highest BCUT2D eigenvalue weighted by molar-refractivity contribution is 5.80. The van der Waals surface area contributed by atoms with Crippen LogP contribution in [0.1, 0.15) is 11.5 Å². The number of aliphatic carboxylic acids is 1. The highest BCUT2D eigenvalue weighted by Gasteiger charge is 2.39. The van der Waals surface area contributed by atoms with Crippen LogP contribution in [0.3, 0.4) is 0 Å². The lowest BCUT2D eigenvalue weighted by Crippen LogP contribution is -2.38. The third-order valence-electron chi connectivity index (χ3n) is 3.53. The van der Waals surface area contributed by atoms with Crippen molar-refractivity contribution in [2.24, 2.45) is 0 Å². The number of benzene rings is 1. The Balaban J connectivity index is 2.49. The van der Waals surface area contributed by atoms with Crippen LogP contribution in [0.25, 0.3) is 0 Å². The van der Waals surface area contributed by atoms with E-state index in [1.165, 1.54) is 26.4 Å². The molecule has 0 heterocycles. The quantitative estimate of drug-likeness (QED) is 0.644. The molecule has 2 atom stereocenters. The summed E-state index contributed by atoms with van der Waals surface area (Å²) in [4.78, 5) is 10.7. The van der Waals surface area contributed by atoms with Crippen LogP contribution in [-0.2, 0) is 14.3 Å². The molecule has 1 aromatic carbocycles. The molecule has 0 aliphatic heterocycles. The van der Waals surface area contributed by atoms with Crippen LogP contribution in [-0.4, -0.2) is 36.2 Å². The summed E-state index contributed by atoms with van der Waals surface area (Å²) in [6.07, 6.45) is 5.64. The minimum atomic E-state index is -1.56. The van der Waals surface area contributed by atoms with E-state index in [1.54, 1.807) is 6.08 Å². The predicted octanol–water partition coefficient (Wildman–Crippen LogP) is 2.22. The second-order valence-electron chi connectivity index (χ2n) is 4.85. The monoisotopic (exact) mass is 302 g/mol. The van der Waals surface area contributed by atoms with Gasteiger partial charge >= 0.3 is 5.97 Å². The first-order valence-corrected chi connectivity index (χ1v) is 6.72. The molecule has 116 valence electrons. The van der Waals surface area contributed by atoms with Gasteiger partial charge in [0.25, 0.3) is 0 Å². The Hall–Kier alpha value is -2.37. The SMILES string of the molecule is COC1=CC(O)(OC)C(c2ccccc2)C=C1/C=C/C(=O)O. The fourth-order valence-corrected chi connectivity index (χ4v) is 2.40. The van der Waals surface area contributed by atoms with Crippen molar-refractivity contribution in [1.82, 2.24) is 0 Å². The maximum Gasteiger partial charge on any atom is 0.328 e. The summed E-state index contributed by atoms with van der Waals surface area (Å²) in [5.41, 5.74) is 1.42. The molecule has 1 aliphatic rings. The Morgan fingerprint density at radius 2 is 1.95 bits per heavy atom. The van der Waals surface area contributed by atoms with Gasteiger partial charge in [-0.3, -0.25) is 0 Å². The van der Waals surface area contributed by atoms with E-state index in [0.717, 1.165) is 11.6 Å². The minimum absolute atomic E-state index is 0.356. The van der Waals surface area contributed by atoms with E-state index in [9.17, 15) is 9.90 Å². The number of rotatable bonds is 5. The summed E-state index contributed by atoms with van der Waals surface area (Å²) in [5.74, 6) is -2.74. The van der Waals surface area contributed by atoms with E-state index < -0.39 is 17.7 Å². The third-order valence-corrected chi connectivity index (χ3v) is 3.53. The molecule has 5 nitrogen and oxygen atoms in total. The lowest BCUT2D eigenvalue weighted by molar-refractivity contribution is -0.157. The second kappa shape index (κ2) is 6.60. The van der Waals surface area contributed by atoms with Gasteiger partial charge in [-0.15, -0.1) is 0 Å². The van der Waals surface area contributed by atoms with Crippen LogP contribution in [0, 0.1) is 0 Å². The molecule has 2 unspecified atom stereocenters. The lowest BCUT2D eigenvalue weighted by Gasteiger charge is -2.35. The summed E-state index contributed by atoms with van der Waals surface area (Å²) in [7, 11) is 2.86. The maximum atomic E-state index is 10.7. The lowest BCUT2D eigenvalue weighted by atomic mass is 9.83. The average Bonchev–Trinajstić information content (AvgIpc) is 2.54. The molecule has 0 aromatic heterocycles. The van der Waals surface area contributed by atoms with Gasteiger partial charge in [0, 0.05) is 24.8 Å². The van der Waals surface area contributed by atoms with E-state index in [-0.39, 0.29) is 0 Å². The number of carbonyl (C=O) groups is 1. The number of methoxy groups -OCH3 is 2. The summed E-state index contributed by atoms with van der Waals surface area (Å²) in [6, 6.07) is 9.34. The molecular weight excluding hydrogens is 284 g/mol. The predicted molar refractivity (Wildman–Crippen MR) is 81.1 cm³/mol. The molecule has 0 amide bonds. The molecule has 0 bridgehead atoms. The highest BCUT2D eigenvalue weighted by Crippen LogP contribution is 2.39. The summed E-state index contributed by atoms with van der Waals surface area (Å²) < 4.78 is 10.5. The number of hydrogen-bond acceptors (Lipinski definition) is 4. The van der Waals surface area contributed by atoms with Crippen LogP contribution in [0.2, 0.25) is 0 Å². The van der Waals surface area contributed by atoms with E-state index >= 15 is 0 Å². The Morgan fingerprint density at radius 1 is 1.27 bits per heavy atom. The molecule has 0 spiro atoms. The maximum absolute atomic E-state index is 10.7. The van der Waals surface area contributed by atoms with Gasteiger partial charge in [0.1, 0.15) is 5.76 Å². The summed E-state index contributed by atoms with van der Waals surface area (Å²) in [6.45, 7) is 0. The number of carboxylic acids is 1. The van der Waals surface area contributed by atoms with Gasteiger partial charge in [0.2, 0.25) is 0 Å². The first kappa shape index (κ1) is 16.0. The molecule has 2 rings (SSSR count). The Labute approximate surface area is 128 Å². The molecule has 0 saturated heterocycles. The van der Waals surface area contributed by atoms with Crippen LogP contribution in [0.4, 0.5) is 0 Å².